The van der Waals surface area contributed by atoms with Crippen LogP contribution in [0.5, 0.6) is 0 Å². The third kappa shape index (κ3) is 2.71. The number of rotatable bonds is 2. The van der Waals surface area contributed by atoms with Crippen LogP contribution in [0.4, 0.5) is 0 Å². The van der Waals surface area contributed by atoms with Gasteiger partial charge in [-0.25, -0.2) is 0 Å². The van der Waals surface area contributed by atoms with Crippen molar-refractivity contribution in [3.05, 3.63) is 0 Å². The molecule has 0 atom stereocenters. The molecule has 0 spiro atoms. The monoisotopic (exact) mass is 213 g/mol. The van der Waals surface area contributed by atoms with Crippen LogP contribution in [0.3, 0.4) is 0 Å². The SMILES string of the molecule is CC1(CO)CCN(C2CCOCC2)CC1. The molecule has 0 bridgehead atoms. The van der Waals surface area contributed by atoms with Gasteiger partial charge in [0.15, 0.2) is 0 Å². The minimum Gasteiger partial charge on any atom is -0.396 e. The number of aliphatic hydroxyl groups is 1. The molecule has 0 saturated carbocycles. The molecule has 0 amide bonds. The molecule has 1 N–H and O–H groups in total. The standard InChI is InChI=1S/C12H23NO2/c1-12(10-14)4-6-13(7-5-12)11-2-8-15-9-3-11/h11,14H,2-10H2,1H3. The quantitative estimate of drug-likeness (QED) is 0.749. The second-order valence-electron chi connectivity index (χ2n) is 5.35. The average Bonchev–Trinajstić information content (AvgIpc) is 2.31. The number of hydrogen-bond acceptors (Lipinski definition) is 3. The van der Waals surface area contributed by atoms with Gasteiger partial charge in [-0.1, -0.05) is 6.92 Å². The number of likely N-dealkylation sites (tertiary alicyclic amines) is 1. The summed E-state index contributed by atoms with van der Waals surface area (Å²) in [6.07, 6.45) is 4.66. The molecule has 15 heavy (non-hydrogen) atoms. The lowest BCUT2D eigenvalue weighted by Gasteiger charge is -2.43. The fourth-order valence-corrected chi connectivity index (χ4v) is 2.64. The van der Waals surface area contributed by atoms with Crippen molar-refractivity contribution in [2.75, 3.05) is 32.9 Å². The maximum atomic E-state index is 9.31. The zero-order valence-electron chi connectivity index (χ0n) is 9.74. The largest absolute Gasteiger partial charge is 0.396 e. The molecule has 0 aliphatic carbocycles. The van der Waals surface area contributed by atoms with E-state index in [0.29, 0.717) is 6.61 Å². The molecule has 3 heteroatoms. The van der Waals surface area contributed by atoms with E-state index >= 15 is 0 Å². The number of nitrogens with zero attached hydrogens (tertiary/aromatic N) is 1. The van der Waals surface area contributed by atoms with Gasteiger partial charge in [0.25, 0.3) is 0 Å². The van der Waals surface area contributed by atoms with E-state index in [2.05, 4.69) is 11.8 Å². The summed E-state index contributed by atoms with van der Waals surface area (Å²) < 4.78 is 5.39. The van der Waals surface area contributed by atoms with E-state index in [0.717, 1.165) is 45.2 Å². The highest BCUT2D eigenvalue weighted by atomic mass is 16.5. The van der Waals surface area contributed by atoms with Gasteiger partial charge in [0.2, 0.25) is 0 Å². The molecule has 2 saturated heterocycles. The number of piperidine rings is 1. The summed E-state index contributed by atoms with van der Waals surface area (Å²) in [6.45, 7) is 6.71. The van der Waals surface area contributed by atoms with Gasteiger partial charge in [0.1, 0.15) is 0 Å². The van der Waals surface area contributed by atoms with Crippen molar-refractivity contribution in [2.45, 2.75) is 38.6 Å². The van der Waals surface area contributed by atoms with E-state index in [1.807, 2.05) is 0 Å². The second kappa shape index (κ2) is 4.81. The van der Waals surface area contributed by atoms with Crippen LogP contribution in [0.25, 0.3) is 0 Å². The summed E-state index contributed by atoms with van der Waals surface area (Å²) in [6, 6.07) is 0.738. The first-order chi connectivity index (χ1) is 7.23. The molecule has 2 heterocycles. The molecule has 0 aromatic carbocycles. The second-order valence-corrected chi connectivity index (χ2v) is 5.35. The minimum atomic E-state index is 0.182. The van der Waals surface area contributed by atoms with Crippen LogP contribution in [0.15, 0.2) is 0 Å². The van der Waals surface area contributed by atoms with Crippen LogP contribution in [-0.4, -0.2) is 49.0 Å². The van der Waals surface area contributed by atoms with Crippen LogP contribution in [0, 0.1) is 5.41 Å². The molecule has 88 valence electrons. The Labute approximate surface area is 92.4 Å². The molecule has 0 radical (unpaired) electrons. The smallest absolute Gasteiger partial charge is 0.0485 e. The van der Waals surface area contributed by atoms with Crippen molar-refractivity contribution < 1.29 is 9.84 Å². The number of aliphatic hydroxyl groups excluding tert-OH is 1. The summed E-state index contributed by atoms with van der Waals surface area (Å²) in [5.41, 5.74) is 0.182. The molecular formula is C12H23NO2. The Morgan fingerprint density at radius 2 is 1.87 bits per heavy atom. The maximum Gasteiger partial charge on any atom is 0.0485 e. The van der Waals surface area contributed by atoms with Gasteiger partial charge >= 0.3 is 0 Å². The normalized spacial score (nSPS) is 29.2. The molecule has 2 aliphatic rings. The molecule has 2 rings (SSSR count). The van der Waals surface area contributed by atoms with Crippen LogP contribution in [0.1, 0.15) is 32.6 Å². The topological polar surface area (TPSA) is 32.7 Å². The summed E-state index contributed by atoms with van der Waals surface area (Å²) >= 11 is 0. The first kappa shape index (κ1) is 11.4. The van der Waals surface area contributed by atoms with Crippen molar-refractivity contribution >= 4 is 0 Å². The molecule has 0 aromatic rings. The molecule has 3 nitrogen and oxygen atoms in total. The van der Waals surface area contributed by atoms with E-state index in [1.165, 1.54) is 12.8 Å². The summed E-state index contributed by atoms with van der Waals surface area (Å²) in [5, 5.41) is 9.31. The third-order valence-corrected chi connectivity index (χ3v) is 4.09. The molecule has 0 unspecified atom stereocenters. The Morgan fingerprint density at radius 3 is 2.40 bits per heavy atom. The zero-order chi connectivity index (χ0) is 10.7. The zero-order valence-corrected chi connectivity index (χ0v) is 9.74. The molecule has 2 fully saturated rings. The van der Waals surface area contributed by atoms with Gasteiger partial charge < -0.3 is 14.7 Å². The molecule has 0 aromatic heterocycles. The van der Waals surface area contributed by atoms with Crippen LogP contribution >= 0.6 is 0 Å². The fourth-order valence-electron chi connectivity index (χ4n) is 2.64. The fraction of sp³-hybridized carbons (Fsp3) is 1.00. The average molecular weight is 213 g/mol. The van der Waals surface area contributed by atoms with Crippen molar-refractivity contribution in [1.82, 2.24) is 4.90 Å². The summed E-state index contributed by atoms with van der Waals surface area (Å²) in [5.74, 6) is 0. The lowest BCUT2D eigenvalue weighted by molar-refractivity contribution is -0.00403. The Kier molecular flexibility index (Phi) is 3.65. The first-order valence-corrected chi connectivity index (χ1v) is 6.16. The Hall–Kier alpha value is -0.120. The van der Waals surface area contributed by atoms with Gasteiger partial charge in [0.05, 0.1) is 0 Å². The van der Waals surface area contributed by atoms with Crippen molar-refractivity contribution in [1.29, 1.82) is 0 Å². The highest BCUT2D eigenvalue weighted by Crippen LogP contribution is 2.32. The first-order valence-electron chi connectivity index (χ1n) is 6.16. The lowest BCUT2D eigenvalue weighted by Crippen LogP contribution is -2.47. The van der Waals surface area contributed by atoms with Crippen molar-refractivity contribution in [2.24, 2.45) is 5.41 Å². The van der Waals surface area contributed by atoms with Crippen LogP contribution in [-0.2, 0) is 4.74 Å². The summed E-state index contributed by atoms with van der Waals surface area (Å²) in [4.78, 5) is 2.60. The predicted molar refractivity (Wildman–Crippen MR) is 59.8 cm³/mol. The molecule has 2 aliphatic heterocycles. The molecular weight excluding hydrogens is 190 g/mol. The van der Waals surface area contributed by atoms with E-state index in [9.17, 15) is 5.11 Å². The predicted octanol–water partition coefficient (Wildman–Crippen LogP) is 1.26. The lowest BCUT2D eigenvalue weighted by atomic mass is 9.80. The van der Waals surface area contributed by atoms with Gasteiger partial charge in [-0.15, -0.1) is 0 Å². The number of ether oxygens (including phenoxy) is 1. The van der Waals surface area contributed by atoms with E-state index < -0.39 is 0 Å². The van der Waals surface area contributed by atoms with Gasteiger partial charge in [-0.2, -0.15) is 0 Å². The third-order valence-electron chi connectivity index (χ3n) is 4.09. The highest BCUT2D eigenvalue weighted by molar-refractivity contribution is 4.85. The van der Waals surface area contributed by atoms with E-state index in [1.54, 1.807) is 0 Å². The van der Waals surface area contributed by atoms with Crippen molar-refractivity contribution in [3.63, 3.8) is 0 Å². The Balaban J connectivity index is 1.82. The minimum absolute atomic E-state index is 0.182. The van der Waals surface area contributed by atoms with Gasteiger partial charge in [-0.05, 0) is 44.2 Å². The van der Waals surface area contributed by atoms with Gasteiger partial charge in [0, 0.05) is 25.9 Å². The van der Waals surface area contributed by atoms with Gasteiger partial charge in [-0.3, -0.25) is 0 Å². The van der Waals surface area contributed by atoms with Crippen molar-refractivity contribution in [3.8, 4) is 0 Å². The Bertz CT molecular complexity index is 194. The van der Waals surface area contributed by atoms with Crippen LogP contribution < -0.4 is 0 Å². The maximum absolute atomic E-state index is 9.31. The van der Waals surface area contributed by atoms with E-state index in [4.69, 9.17) is 4.74 Å². The Morgan fingerprint density at radius 1 is 1.27 bits per heavy atom. The highest BCUT2D eigenvalue weighted by Gasteiger charge is 2.32. The van der Waals surface area contributed by atoms with Crippen LogP contribution in [0.2, 0.25) is 0 Å². The number of hydrogen-bond donors (Lipinski definition) is 1. The summed E-state index contributed by atoms with van der Waals surface area (Å²) in [7, 11) is 0. The van der Waals surface area contributed by atoms with E-state index in [-0.39, 0.29) is 5.41 Å².